The van der Waals surface area contributed by atoms with Gasteiger partial charge < -0.3 is 4.90 Å². The predicted octanol–water partition coefficient (Wildman–Crippen LogP) is 3.61. The molecule has 3 rings (SSSR count). The van der Waals surface area contributed by atoms with E-state index < -0.39 is 0 Å². The molecule has 0 atom stereocenters. The van der Waals surface area contributed by atoms with E-state index in [2.05, 4.69) is 41.1 Å². The summed E-state index contributed by atoms with van der Waals surface area (Å²) in [5.41, 5.74) is 3.53. The molecule has 1 aromatic carbocycles. The first kappa shape index (κ1) is 13.3. The van der Waals surface area contributed by atoms with Crippen LogP contribution in [-0.4, -0.2) is 17.8 Å². The summed E-state index contributed by atoms with van der Waals surface area (Å²) in [6, 6.07) is 8.54. The van der Waals surface area contributed by atoms with Gasteiger partial charge in [-0.05, 0) is 25.3 Å². The molecule has 0 radical (unpaired) electrons. The first-order chi connectivity index (χ1) is 9.63. The summed E-state index contributed by atoms with van der Waals surface area (Å²) >= 11 is 1.54. The molecule has 3 nitrogen and oxygen atoms in total. The van der Waals surface area contributed by atoms with Crippen LogP contribution in [0.5, 0.6) is 0 Å². The molecule has 0 saturated heterocycles. The minimum absolute atomic E-state index is 0.263. The molecule has 0 bridgehead atoms. The second-order valence-electron chi connectivity index (χ2n) is 5.39. The van der Waals surface area contributed by atoms with Crippen molar-refractivity contribution in [2.24, 2.45) is 0 Å². The van der Waals surface area contributed by atoms with Crippen LogP contribution in [-0.2, 0) is 13.0 Å². The third-order valence-electron chi connectivity index (χ3n) is 3.62. The highest BCUT2D eigenvalue weighted by atomic mass is 32.1. The van der Waals surface area contributed by atoms with Crippen LogP contribution in [0.3, 0.4) is 0 Å². The molecule has 0 N–H and O–H groups in total. The molecular formula is C16H18N2OS. The van der Waals surface area contributed by atoms with Gasteiger partial charge >= 0.3 is 0 Å². The number of benzene rings is 1. The largest absolute Gasteiger partial charge is 0.347 e. The van der Waals surface area contributed by atoms with Crippen molar-refractivity contribution in [3.05, 3.63) is 46.0 Å². The molecule has 0 aliphatic heterocycles. The van der Waals surface area contributed by atoms with E-state index in [-0.39, 0.29) is 5.78 Å². The summed E-state index contributed by atoms with van der Waals surface area (Å²) in [6.07, 6.45) is 2.56. The fourth-order valence-corrected chi connectivity index (χ4v) is 3.49. The molecule has 0 amide bonds. The average Bonchev–Trinajstić information content (AvgIpc) is 2.87. The molecule has 104 valence electrons. The van der Waals surface area contributed by atoms with Crippen molar-refractivity contribution < 1.29 is 4.79 Å². The van der Waals surface area contributed by atoms with Gasteiger partial charge in [-0.3, -0.25) is 4.79 Å². The third kappa shape index (κ3) is 2.61. The van der Waals surface area contributed by atoms with Crippen LogP contribution in [0.2, 0.25) is 0 Å². The fourth-order valence-electron chi connectivity index (χ4n) is 2.45. The van der Waals surface area contributed by atoms with Crippen molar-refractivity contribution in [2.45, 2.75) is 32.7 Å². The lowest BCUT2D eigenvalue weighted by molar-refractivity contribution is 0.0976. The summed E-state index contributed by atoms with van der Waals surface area (Å²) in [4.78, 5) is 19.5. The molecule has 20 heavy (non-hydrogen) atoms. The Morgan fingerprint density at radius 1 is 1.25 bits per heavy atom. The predicted molar refractivity (Wildman–Crippen MR) is 82.7 cm³/mol. The van der Waals surface area contributed by atoms with Gasteiger partial charge in [0.15, 0.2) is 10.9 Å². The Hall–Kier alpha value is -1.68. The lowest BCUT2D eigenvalue weighted by atomic mass is 10.0. The monoisotopic (exact) mass is 286 g/mol. The molecule has 0 fully saturated rings. The molecular weight excluding hydrogens is 268 g/mol. The standard InChI is InChI=1S/C16H18N2OS/c1-11-6-8-12(9-7-11)10-18(2)16-17-13-4-3-5-14(19)15(13)20-16/h6-9H,3-5,10H2,1-2H3. The van der Waals surface area contributed by atoms with Gasteiger partial charge in [-0.25, -0.2) is 4.98 Å². The fraction of sp³-hybridized carbons (Fsp3) is 0.375. The van der Waals surface area contributed by atoms with Crippen LogP contribution in [0.15, 0.2) is 24.3 Å². The summed E-state index contributed by atoms with van der Waals surface area (Å²) < 4.78 is 0. The zero-order valence-corrected chi connectivity index (χ0v) is 12.7. The topological polar surface area (TPSA) is 33.2 Å². The molecule has 1 aromatic heterocycles. The molecule has 0 spiro atoms. The average molecular weight is 286 g/mol. The minimum atomic E-state index is 0.263. The molecule has 1 aliphatic carbocycles. The van der Waals surface area contributed by atoms with E-state index >= 15 is 0 Å². The van der Waals surface area contributed by atoms with Crippen molar-refractivity contribution in [3.63, 3.8) is 0 Å². The van der Waals surface area contributed by atoms with Gasteiger partial charge in [0.05, 0.1) is 10.6 Å². The minimum Gasteiger partial charge on any atom is -0.347 e. The number of aromatic nitrogens is 1. The number of carbonyl (C=O) groups excluding carboxylic acids is 1. The molecule has 0 unspecified atom stereocenters. The summed E-state index contributed by atoms with van der Waals surface area (Å²) in [5.74, 6) is 0.263. The van der Waals surface area contributed by atoms with Crippen molar-refractivity contribution in [2.75, 3.05) is 11.9 Å². The summed E-state index contributed by atoms with van der Waals surface area (Å²) in [6.45, 7) is 2.91. The van der Waals surface area contributed by atoms with E-state index in [0.29, 0.717) is 6.42 Å². The van der Waals surface area contributed by atoms with Crippen LogP contribution in [0, 0.1) is 6.92 Å². The van der Waals surface area contributed by atoms with Gasteiger partial charge in [-0.1, -0.05) is 41.2 Å². The summed E-state index contributed by atoms with van der Waals surface area (Å²) in [7, 11) is 2.04. The Labute approximate surface area is 123 Å². The van der Waals surface area contributed by atoms with Gasteiger partial charge in [-0.15, -0.1) is 0 Å². The highest BCUT2D eigenvalue weighted by Crippen LogP contribution is 2.31. The second-order valence-corrected chi connectivity index (χ2v) is 6.37. The number of aryl methyl sites for hydroxylation is 2. The second kappa shape index (κ2) is 5.37. The number of ketones is 1. The number of hydrogen-bond acceptors (Lipinski definition) is 4. The van der Waals surface area contributed by atoms with E-state index in [1.54, 1.807) is 0 Å². The first-order valence-electron chi connectivity index (χ1n) is 6.93. The van der Waals surface area contributed by atoms with Gasteiger partial charge in [0, 0.05) is 20.0 Å². The maximum absolute atomic E-state index is 11.9. The van der Waals surface area contributed by atoms with Crippen molar-refractivity contribution in [1.29, 1.82) is 0 Å². The quantitative estimate of drug-likeness (QED) is 0.864. The van der Waals surface area contributed by atoms with Gasteiger partial charge in [0.1, 0.15) is 0 Å². The van der Waals surface area contributed by atoms with Crippen molar-refractivity contribution in [3.8, 4) is 0 Å². The lowest BCUT2D eigenvalue weighted by Crippen LogP contribution is -2.16. The number of carbonyl (C=O) groups is 1. The molecule has 1 heterocycles. The van der Waals surface area contributed by atoms with Gasteiger partial charge in [-0.2, -0.15) is 0 Å². The van der Waals surface area contributed by atoms with Crippen molar-refractivity contribution >= 4 is 22.3 Å². The SMILES string of the molecule is Cc1ccc(CN(C)c2nc3c(s2)C(=O)CCC3)cc1. The van der Waals surface area contributed by atoms with Crippen LogP contribution in [0.25, 0.3) is 0 Å². The van der Waals surface area contributed by atoms with Crippen LogP contribution >= 0.6 is 11.3 Å². The number of rotatable bonds is 3. The number of hydrogen-bond donors (Lipinski definition) is 0. The molecule has 4 heteroatoms. The number of nitrogens with zero attached hydrogens (tertiary/aromatic N) is 2. The smallest absolute Gasteiger partial charge is 0.186 e. The Morgan fingerprint density at radius 2 is 2.00 bits per heavy atom. The highest BCUT2D eigenvalue weighted by molar-refractivity contribution is 7.17. The maximum atomic E-state index is 11.9. The number of fused-ring (bicyclic) bond motifs is 1. The number of Topliss-reactive ketones (excluding diaryl/α,β-unsaturated/α-hetero) is 1. The van der Waals surface area contributed by atoms with Crippen LogP contribution in [0.1, 0.15) is 39.3 Å². The zero-order valence-electron chi connectivity index (χ0n) is 11.8. The Balaban J connectivity index is 1.79. The highest BCUT2D eigenvalue weighted by Gasteiger charge is 2.23. The van der Waals surface area contributed by atoms with Crippen LogP contribution < -0.4 is 4.90 Å². The lowest BCUT2D eigenvalue weighted by Gasteiger charge is -2.15. The number of thiazole rings is 1. The summed E-state index contributed by atoms with van der Waals surface area (Å²) in [5, 5.41) is 0.950. The van der Waals surface area contributed by atoms with E-state index in [4.69, 9.17) is 0 Å². The van der Waals surface area contributed by atoms with E-state index in [0.717, 1.165) is 35.1 Å². The zero-order chi connectivity index (χ0) is 14.1. The Morgan fingerprint density at radius 3 is 2.70 bits per heavy atom. The van der Waals surface area contributed by atoms with Crippen molar-refractivity contribution in [1.82, 2.24) is 4.98 Å². The normalized spacial score (nSPS) is 14.2. The Kier molecular flexibility index (Phi) is 3.57. The maximum Gasteiger partial charge on any atom is 0.186 e. The molecule has 0 saturated carbocycles. The molecule has 2 aromatic rings. The first-order valence-corrected chi connectivity index (χ1v) is 7.75. The van der Waals surface area contributed by atoms with E-state index in [1.165, 1.54) is 22.5 Å². The number of anilines is 1. The molecule has 1 aliphatic rings. The van der Waals surface area contributed by atoms with E-state index in [9.17, 15) is 4.79 Å². The third-order valence-corrected chi connectivity index (χ3v) is 4.88. The van der Waals surface area contributed by atoms with E-state index in [1.807, 2.05) is 7.05 Å². The van der Waals surface area contributed by atoms with Crippen LogP contribution in [0.4, 0.5) is 5.13 Å². The van der Waals surface area contributed by atoms with Gasteiger partial charge in [0.2, 0.25) is 0 Å². The Bertz CT molecular complexity index is 630. The van der Waals surface area contributed by atoms with Gasteiger partial charge in [0.25, 0.3) is 0 Å².